The highest BCUT2D eigenvalue weighted by Crippen LogP contribution is 2.33. The number of nitrogens with one attached hydrogen (secondary N) is 1. The molecule has 1 saturated heterocycles. The van der Waals surface area contributed by atoms with Crippen LogP contribution in [0.4, 0.5) is 0 Å². The van der Waals surface area contributed by atoms with Crippen LogP contribution in [-0.4, -0.2) is 36.3 Å². The van der Waals surface area contributed by atoms with E-state index in [2.05, 4.69) is 24.0 Å². The molecule has 1 saturated carbocycles. The van der Waals surface area contributed by atoms with Gasteiger partial charge in [-0.05, 0) is 38.6 Å². The molecule has 3 heteroatoms. The average molecular weight is 285 g/mol. The van der Waals surface area contributed by atoms with Crippen LogP contribution >= 0.6 is 11.8 Å². The van der Waals surface area contributed by atoms with E-state index < -0.39 is 0 Å². The lowest BCUT2D eigenvalue weighted by Gasteiger charge is -2.33. The van der Waals surface area contributed by atoms with Crippen LogP contribution in [0.2, 0.25) is 0 Å². The quantitative estimate of drug-likeness (QED) is 0.825. The summed E-state index contributed by atoms with van der Waals surface area (Å²) >= 11 is 2.28. The van der Waals surface area contributed by atoms with Gasteiger partial charge in [0.15, 0.2) is 0 Å². The SMILES string of the molecule is CCCNC1CCCCCCC1SC1CCOCC1. The minimum Gasteiger partial charge on any atom is -0.381 e. The number of hydrogen-bond acceptors (Lipinski definition) is 3. The van der Waals surface area contributed by atoms with Crippen LogP contribution in [0.25, 0.3) is 0 Å². The summed E-state index contributed by atoms with van der Waals surface area (Å²) in [5, 5.41) is 5.52. The van der Waals surface area contributed by atoms with Crippen molar-refractivity contribution in [2.24, 2.45) is 0 Å². The predicted octanol–water partition coefficient (Wildman–Crippen LogP) is 3.99. The lowest BCUT2D eigenvalue weighted by molar-refractivity contribution is 0.0998. The van der Waals surface area contributed by atoms with Crippen molar-refractivity contribution in [1.29, 1.82) is 0 Å². The fourth-order valence-electron chi connectivity index (χ4n) is 3.24. The smallest absolute Gasteiger partial charge is 0.0476 e. The first-order valence-corrected chi connectivity index (χ1v) is 9.31. The molecule has 2 rings (SSSR count). The summed E-state index contributed by atoms with van der Waals surface area (Å²) in [6.07, 6.45) is 12.3. The third kappa shape index (κ3) is 5.65. The zero-order valence-electron chi connectivity index (χ0n) is 12.5. The minimum atomic E-state index is 0.757. The fourth-order valence-corrected chi connectivity index (χ4v) is 4.92. The monoisotopic (exact) mass is 285 g/mol. The summed E-state index contributed by atoms with van der Waals surface area (Å²) in [5.74, 6) is 0. The van der Waals surface area contributed by atoms with Crippen molar-refractivity contribution in [3.05, 3.63) is 0 Å². The van der Waals surface area contributed by atoms with Crippen LogP contribution in [0, 0.1) is 0 Å². The molecule has 2 aliphatic rings. The molecule has 0 amide bonds. The van der Waals surface area contributed by atoms with Gasteiger partial charge in [0, 0.05) is 29.8 Å². The zero-order chi connectivity index (χ0) is 13.3. The lowest BCUT2D eigenvalue weighted by atomic mass is 9.96. The third-order valence-corrected chi connectivity index (χ3v) is 6.16. The summed E-state index contributed by atoms with van der Waals surface area (Å²) in [4.78, 5) is 0. The largest absolute Gasteiger partial charge is 0.381 e. The van der Waals surface area contributed by atoms with E-state index in [0.717, 1.165) is 29.8 Å². The van der Waals surface area contributed by atoms with Crippen molar-refractivity contribution in [2.45, 2.75) is 81.3 Å². The van der Waals surface area contributed by atoms with E-state index in [-0.39, 0.29) is 0 Å². The fraction of sp³-hybridized carbons (Fsp3) is 1.00. The Labute approximate surface area is 123 Å². The van der Waals surface area contributed by atoms with Crippen molar-refractivity contribution in [3.8, 4) is 0 Å². The number of hydrogen-bond donors (Lipinski definition) is 1. The minimum absolute atomic E-state index is 0.757. The molecular weight excluding hydrogens is 254 g/mol. The molecule has 19 heavy (non-hydrogen) atoms. The van der Waals surface area contributed by atoms with E-state index in [1.807, 2.05) is 0 Å². The van der Waals surface area contributed by atoms with Crippen molar-refractivity contribution in [1.82, 2.24) is 5.32 Å². The van der Waals surface area contributed by atoms with Gasteiger partial charge in [0.05, 0.1) is 0 Å². The molecule has 1 N–H and O–H groups in total. The molecule has 2 unspecified atom stereocenters. The van der Waals surface area contributed by atoms with E-state index in [1.54, 1.807) is 0 Å². The van der Waals surface area contributed by atoms with Crippen molar-refractivity contribution < 1.29 is 4.74 Å². The van der Waals surface area contributed by atoms with Gasteiger partial charge in [0.1, 0.15) is 0 Å². The predicted molar refractivity (Wildman–Crippen MR) is 85.0 cm³/mol. The van der Waals surface area contributed by atoms with Gasteiger partial charge in [0.25, 0.3) is 0 Å². The molecule has 1 heterocycles. The first-order valence-electron chi connectivity index (χ1n) is 8.36. The topological polar surface area (TPSA) is 21.3 Å². The number of thioether (sulfide) groups is 1. The van der Waals surface area contributed by atoms with Crippen LogP contribution in [0.1, 0.15) is 64.7 Å². The van der Waals surface area contributed by atoms with Gasteiger partial charge in [-0.15, -0.1) is 0 Å². The molecule has 0 aromatic carbocycles. The number of ether oxygens (including phenoxy) is 1. The van der Waals surface area contributed by atoms with Gasteiger partial charge in [-0.2, -0.15) is 11.8 Å². The van der Waals surface area contributed by atoms with Crippen molar-refractivity contribution in [2.75, 3.05) is 19.8 Å². The Morgan fingerprint density at radius 1 is 1.00 bits per heavy atom. The Kier molecular flexibility index (Phi) is 7.62. The average Bonchev–Trinajstić information content (AvgIpc) is 2.43. The molecule has 1 aliphatic heterocycles. The van der Waals surface area contributed by atoms with Gasteiger partial charge in [-0.1, -0.05) is 32.6 Å². The number of rotatable bonds is 5. The Morgan fingerprint density at radius 2 is 1.74 bits per heavy atom. The Morgan fingerprint density at radius 3 is 2.47 bits per heavy atom. The van der Waals surface area contributed by atoms with Crippen LogP contribution < -0.4 is 5.32 Å². The molecule has 0 aromatic rings. The van der Waals surface area contributed by atoms with E-state index in [9.17, 15) is 0 Å². The van der Waals surface area contributed by atoms with E-state index >= 15 is 0 Å². The Bertz CT molecular complexity index is 229. The van der Waals surface area contributed by atoms with Gasteiger partial charge >= 0.3 is 0 Å². The Balaban J connectivity index is 1.85. The third-order valence-electron chi connectivity index (χ3n) is 4.39. The molecule has 2 atom stereocenters. The second-order valence-electron chi connectivity index (χ2n) is 6.04. The van der Waals surface area contributed by atoms with Crippen molar-refractivity contribution in [3.63, 3.8) is 0 Å². The highest BCUT2D eigenvalue weighted by atomic mass is 32.2. The van der Waals surface area contributed by atoms with Crippen LogP contribution in [0.3, 0.4) is 0 Å². The maximum absolute atomic E-state index is 5.50. The van der Waals surface area contributed by atoms with Crippen LogP contribution in [-0.2, 0) is 4.74 Å². The van der Waals surface area contributed by atoms with Gasteiger partial charge in [0.2, 0.25) is 0 Å². The molecule has 1 aliphatic carbocycles. The van der Waals surface area contributed by atoms with Gasteiger partial charge in [-0.3, -0.25) is 0 Å². The summed E-state index contributed by atoms with van der Waals surface area (Å²) < 4.78 is 5.50. The van der Waals surface area contributed by atoms with Crippen molar-refractivity contribution >= 4 is 11.8 Å². The molecule has 112 valence electrons. The molecule has 0 radical (unpaired) electrons. The highest BCUT2D eigenvalue weighted by molar-refractivity contribution is 8.00. The molecule has 2 fully saturated rings. The summed E-state index contributed by atoms with van der Waals surface area (Å²) in [6.45, 7) is 5.43. The normalized spacial score (nSPS) is 30.8. The van der Waals surface area contributed by atoms with E-state index in [1.165, 1.54) is 64.3 Å². The second kappa shape index (κ2) is 9.25. The highest BCUT2D eigenvalue weighted by Gasteiger charge is 2.26. The molecule has 0 bridgehead atoms. The van der Waals surface area contributed by atoms with E-state index in [4.69, 9.17) is 4.74 Å². The first kappa shape index (κ1) is 15.7. The van der Waals surface area contributed by atoms with E-state index in [0.29, 0.717) is 0 Å². The summed E-state index contributed by atoms with van der Waals surface area (Å²) in [7, 11) is 0. The molecular formula is C16H31NOS. The Hall–Kier alpha value is 0.270. The molecule has 0 spiro atoms. The molecule has 0 aromatic heterocycles. The van der Waals surface area contributed by atoms with Crippen LogP contribution in [0.5, 0.6) is 0 Å². The summed E-state index contributed by atoms with van der Waals surface area (Å²) in [5.41, 5.74) is 0. The maximum Gasteiger partial charge on any atom is 0.0476 e. The zero-order valence-corrected chi connectivity index (χ0v) is 13.4. The van der Waals surface area contributed by atoms with Gasteiger partial charge < -0.3 is 10.1 Å². The van der Waals surface area contributed by atoms with Crippen LogP contribution in [0.15, 0.2) is 0 Å². The standard InChI is InChI=1S/C16H31NOS/c1-2-11-17-15-7-5-3-4-6-8-16(15)19-14-9-12-18-13-10-14/h14-17H,2-13H2,1H3. The molecule has 2 nitrogen and oxygen atoms in total. The summed E-state index contributed by atoms with van der Waals surface area (Å²) in [6, 6.07) is 0.757. The maximum atomic E-state index is 5.50. The second-order valence-corrected chi connectivity index (χ2v) is 7.58. The lowest BCUT2D eigenvalue weighted by Crippen LogP contribution is -2.40. The van der Waals surface area contributed by atoms with Gasteiger partial charge in [-0.25, -0.2) is 0 Å². The first-order chi connectivity index (χ1) is 9.40.